The molecule has 2 aromatic rings. The van der Waals surface area contributed by atoms with Crippen LogP contribution in [0, 0.1) is 0 Å². The third-order valence-electron chi connectivity index (χ3n) is 4.99. The molecule has 9 heteroatoms. The zero-order valence-corrected chi connectivity index (χ0v) is 18.1. The van der Waals surface area contributed by atoms with Crippen molar-refractivity contribution in [1.29, 1.82) is 0 Å². The van der Waals surface area contributed by atoms with Crippen LogP contribution in [0.1, 0.15) is 5.56 Å². The molecule has 2 fully saturated rings. The van der Waals surface area contributed by atoms with Gasteiger partial charge in [-0.3, -0.25) is 4.79 Å². The largest absolute Gasteiger partial charge is 0.497 e. The first kappa shape index (κ1) is 20.7. The van der Waals surface area contributed by atoms with E-state index in [0.717, 1.165) is 11.3 Å². The highest BCUT2D eigenvalue weighted by atomic mass is 32.2. The van der Waals surface area contributed by atoms with Crippen LogP contribution in [0.15, 0.2) is 59.6 Å². The number of carbonyl (C=O) groups is 1. The lowest BCUT2D eigenvalue weighted by Gasteiger charge is -2.24. The van der Waals surface area contributed by atoms with Crippen molar-refractivity contribution in [2.45, 2.75) is 17.8 Å². The Labute approximate surface area is 180 Å². The number of carbonyl (C=O) groups excluding carboxylic acids is 1. The summed E-state index contributed by atoms with van der Waals surface area (Å²) >= 11 is 1.36. The molecule has 0 unspecified atom stereocenters. The van der Waals surface area contributed by atoms with Gasteiger partial charge in [-0.05, 0) is 29.8 Å². The summed E-state index contributed by atoms with van der Waals surface area (Å²) in [6.07, 6.45) is 0. The molecule has 7 nitrogen and oxygen atoms in total. The van der Waals surface area contributed by atoms with Crippen LogP contribution in [0.3, 0.4) is 0 Å². The van der Waals surface area contributed by atoms with E-state index in [2.05, 4.69) is 4.99 Å². The predicted molar refractivity (Wildman–Crippen MR) is 117 cm³/mol. The Kier molecular flexibility index (Phi) is 6.01. The standard InChI is InChI=1S/C21H22N2O5S2/c1-27-17-9-5-6-15(10-17)11-23-18-13-30(25,26)14-19(18)29-21(23)22-20(24)12-28-16-7-3-2-4-8-16/h2-10,18-19H,11-14H2,1H3/t18-,19+/m0/s1. The predicted octanol–water partition coefficient (Wildman–Crippen LogP) is 2.37. The van der Waals surface area contributed by atoms with E-state index in [1.807, 2.05) is 47.4 Å². The molecule has 1 amide bonds. The lowest BCUT2D eigenvalue weighted by Crippen LogP contribution is -2.37. The quantitative estimate of drug-likeness (QED) is 0.673. The van der Waals surface area contributed by atoms with Gasteiger partial charge in [0.05, 0.1) is 24.7 Å². The zero-order chi connectivity index (χ0) is 21.1. The summed E-state index contributed by atoms with van der Waals surface area (Å²) in [7, 11) is -1.49. The molecule has 0 spiro atoms. The van der Waals surface area contributed by atoms with Crippen molar-refractivity contribution in [2.24, 2.45) is 4.99 Å². The number of amidine groups is 1. The van der Waals surface area contributed by atoms with Gasteiger partial charge >= 0.3 is 0 Å². The fourth-order valence-corrected chi connectivity index (χ4v) is 7.56. The van der Waals surface area contributed by atoms with Gasteiger partial charge in [0, 0.05) is 11.8 Å². The molecule has 2 aliphatic heterocycles. The summed E-state index contributed by atoms with van der Waals surface area (Å²) in [5, 5.41) is 0.423. The topological polar surface area (TPSA) is 85.3 Å². The molecule has 0 N–H and O–H groups in total. The van der Waals surface area contributed by atoms with Gasteiger partial charge in [0.15, 0.2) is 21.6 Å². The maximum atomic E-state index is 12.4. The van der Waals surface area contributed by atoms with Crippen LogP contribution in [0.5, 0.6) is 11.5 Å². The second-order valence-electron chi connectivity index (χ2n) is 7.17. The molecule has 158 valence electrons. The monoisotopic (exact) mass is 446 g/mol. The van der Waals surface area contributed by atoms with Crippen LogP contribution < -0.4 is 9.47 Å². The maximum Gasteiger partial charge on any atom is 0.285 e. The molecule has 30 heavy (non-hydrogen) atoms. The zero-order valence-electron chi connectivity index (χ0n) is 16.4. The van der Waals surface area contributed by atoms with E-state index in [4.69, 9.17) is 9.47 Å². The number of nitrogens with zero attached hydrogens (tertiary/aromatic N) is 2. The second-order valence-corrected chi connectivity index (χ2v) is 10.5. The first-order valence-electron chi connectivity index (χ1n) is 9.49. The van der Waals surface area contributed by atoms with Crippen molar-refractivity contribution < 1.29 is 22.7 Å². The minimum atomic E-state index is -3.09. The third kappa shape index (κ3) is 4.79. The smallest absolute Gasteiger partial charge is 0.285 e. The molecule has 0 aliphatic carbocycles. The Bertz CT molecular complexity index is 1060. The number of benzene rings is 2. The van der Waals surface area contributed by atoms with Crippen molar-refractivity contribution in [3.8, 4) is 11.5 Å². The molecular weight excluding hydrogens is 424 g/mol. The van der Waals surface area contributed by atoms with Gasteiger partial charge in [-0.1, -0.05) is 42.1 Å². The minimum absolute atomic E-state index is 0.0718. The van der Waals surface area contributed by atoms with Crippen LogP contribution in [0.4, 0.5) is 0 Å². The van der Waals surface area contributed by atoms with Crippen LogP contribution in [0.25, 0.3) is 0 Å². The highest BCUT2D eigenvalue weighted by Gasteiger charge is 2.48. The lowest BCUT2D eigenvalue weighted by molar-refractivity contribution is -0.119. The summed E-state index contributed by atoms with van der Waals surface area (Å²) in [4.78, 5) is 18.6. The SMILES string of the molecule is COc1cccc(CN2C(=NC(=O)COc3ccccc3)S[C@@H]3CS(=O)(=O)C[C@@H]32)c1. The van der Waals surface area contributed by atoms with Gasteiger partial charge in [-0.15, -0.1) is 0 Å². The van der Waals surface area contributed by atoms with E-state index in [-0.39, 0.29) is 29.4 Å². The Hall–Kier alpha value is -2.52. The van der Waals surface area contributed by atoms with E-state index >= 15 is 0 Å². The molecule has 0 radical (unpaired) electrons. The highest BCUT2D eigenvalue weighted by molar-refractivity contribution is 8.15. The summed E-state index contributed by atoms with van der Waals surface area (Å²) < 4.78 is 35.1. The number of methoxy groups -OCH3 is 1. The number of fused-ring (bicyclic) bond motifs is 1. The Morgan fingerprint density at radius 1 is 1.13 bits per heavy atom. The van der Waals surface area contributed by atoms with E-state index in [0.29, 0.717) is 17.5 Å². The Morgan fingerprint density at radius 2 is 1.90 bits per heavy atom. The van der Waals surface area contributed by atoms with E-state index in [1.54, 1.807) is 19.2 Å². The van der Waals surface area contributed by atoms with Crippen molar-refractivity contribution in [1.82, 2.24) is 4.90 Å². The summed E-state index contributed by atoms with van der Waals surface area (Å²) in [5.41, 5.74) is 0.959. The minimum Gasteiger partial charge on any atom is -0.497 e. The third-order valence-corrected chi connectivity index (χ3v) is 8.24. The van der Waals surface area contributed by atoms with Gasteiger partial charge in [0.1, 0.15) is 11.5 Å². The molecule has 0 saturated carbocycles. The molecule has 4 rings (SSSR count). The van der Waals surface area contributed by atoms with Crippen LogP contribution in [-0.2, 0) is 21.2 Å². The van der Waals surface area contributed by atoms with E-state index < -0.39 is 15.7 Å². The number of sulfone groups is 1. The average molecular weight is 447 g/mol. The number of rotatable bonds is 6. The molecule has 2 atom stereocenters. The number of hydrogen-bond donors (Lipinski definition) is 0. The fourth-order valence-electron chi connectivity index (χ4n) is 3.59. The van der Waals surface area contributed by atoms with Gasteiger partial charge in [-0.25, -0.2) is 8.42 Å². The van der Waals surface area contributed by atoms with E-state index in [1.165, 1.54) is 11.8 Å². The summed E-state index contributed by atoms with van der Waals surface area (Å²) in [6, 6.07) is 16.5. The normalized spacial score (nSPS) is 23.4. The van der Waals surface area contributed by atoms with Crippen molar-refractivity contribution in [3.05, 3.63) is 60.2 Å². The first-order chi connectivity index (χ1) is 14.4. The number of hydrogen-bond acceptors (Lipinski definition) is 6. The average Bonchev–Trinajstić information content (AvgIpc) is 3.19. The number of ether oxygens (including phenoxy) is 2. The van der Waals surface area contributed by atoms with E-state index in [9.17, 15) is 13.2 Å². The lowest BCUT2D eigenvalue weighted by atomic mass is 10.1. The first-order valence-corrected chi connectivity index (χ1v) is 12.2. The van der Waals surface area contributed by atoms with Crippen LogP contribution in [-0.4, -0.2) is 60.9 Å². The number of aliphatic imine (C=N–C) groups is 1. The number of para-hydroxylation sites is 1. The van der Waals surface area contributed by atoms with Gasteiger partial charge in [0.2, 0.25) is 0 Å². The molecule has 0 aromatic heterocycles. The Morgan fingerprint density at radius 3 is 2.67 bits per heavy atom. The van der Waals surface area contributed by atoms with Crippen molar-refractivity contribution in [3.63, 3.8) is 0 Å². The van der Waals surface area contributed by atoms with Crippen molar-refractivity contribution in [2.75, 3.05) is 25.2 Å². The molecule has 0 bridgehead atoms. The summed E-state index contributed by atoms with van der Waals surface area (Å²) in [5.74, 6) is 1.09. The number of thioether (sulfide) groups is 1. The van der Waals surface area contributed by atoms with Gasteiger partial charge in [0.25, 0.3) is 5.91 Å². The molecule has 2 aromatic carbocycles. The molecule has 2 heterocycles. The molecule has 2 aliphatic rings. The van der Waals surface area contributed by atoms with Gasteiger partial charge in [-0.2, -0.15) is 4.99 Å². The van der Waals surface area contributed by atoms with Crippen molar-refractivity contribution >= 4 is 32.7 Å². The van der Waals surface area contributed by atoms with Gasteiger partial charge < -0.3 is 14.4 Å². The molecular formula is C21H22N2O5S2. The Balaban J connectivity index is 1.52. The highest BCUT2D eigenvalue weighted by Crippen LogP contribution is 2.39. The van der Waals surface area contributed by atoms with Crippen LogP contribution >= 0.6 is 11.8 Å². The number of amides is 1. The second kappa shape index (κ2) is 8.69. The van der Waals surface area contributed by atoms with Crippen LogP contribution in [0.2, 0.25) is 0 Å². The molecule has 2 saturated heterocycles. The summed E-state index contributed by atoms with van der Waals surface area (Å²) in [6.45, 7) is 0.279. The fraction of sp³-hybridized carbons (Fsp3) is 0.333. The maximum absolute atomic E-state index is 12.4.